The Hall–Kier alpha value is -1.32. The topological polar surface area (TPSA) is 42.2 Å². The van der Waals surface area contributed by atoms with E-state index in [0.29, 0.717) is 0 Å². The molecule has 1 aromatic rings. The van der Waals surface area contributed by atoms with E-state index in [9.17, 15) is 14.4 Å². The van der Waals surface area contributed by atoms with Crippen molar-refractivity contribution >= 4 is 0 Å². The minimum Gasteiger partial charge on any atom is -0.425 e. The maximum atomic E-state index is 13.5. The first-order chi connectivity index (χ1) is 8.57. The summed E-state index contributed by atoms with van der Waals surface area (Å²) >= 11 is 0. The van der Waals surface area contributed by atoms with Gasteiger partial charge in [-0.2, -0.15) is 0 Å². The van der Waals surface area contributed by atoms with Crippen molar-refractivity contribution in [1.82, 2.24) is 4.73 Å². The number of aromatic nitrogens is 1. The van der Waals surface area contributed by atoms with E-state index in [4.69, 9.17) is 2.74 Å². The Morgan fingerprint density at radius 1 is 1.56 bits per heavy atom. The first-order valence-electron chi connectivity index (χ1n) is 6.71. The highest BCUT2D eigenvalue weighted by Crippen LogP contribution is 2.32. The summed E-state index contributed by atoms with van der Waals surface area (Å²) in [5.74, 6) is -1.27. The molecule has 0 bridgehead atoms. The van der Waals surface area contributed by atoms with Crippen LogP contribution in [0.5, 0.6) is 0 Å². The van der Waals surface area contributed by atoms with E-state index in [-0.39, 0.29) is 27.9 Å². The van der Waals surface area contributed by atoms with E-state index in [0.717, 1.165) is 32.1 Å². The average Bonchev–Trinajstić information content (AvgIpc) is 2.38. The molecule has 1 aromatic heterocycles. The summed E-state index contributed by atoms with van der Waals surface area (Å²) in [6.07, 6.45) is 4.63. The molecule has 16 heavy (non-hydrogen) atoms. The summed E-state index contributed by atoms with van der Waals surface area (Å²) in [5.41, 5.74) is -1.19. The zero-order chi connectivity index (χ0) is 13.3. The van der Waals surface area contributed by atoms with Crippen molar-refractivity contribution in [3.8, 4) is 0 Å². The number of rotatable bonds is 1. The largest absolute Gasteiger partial charge is 0.425 e. The van der Waals surface area contributed by atoms with Gasteiger partial charge in [-0.1, -0.05) is 19.3 Å². The molecular formula is C12H16FNO2. The molecule has 0 atom stereocenters. The molecule has 0 aromatic carbocycles. The fraction of sp³-hybridized carbons (Fsp3) is 0.583. The van der Waals surface area contributed by atoms with Crippen molar-refractivity contribution in [2.45, 2.75) is 44.9 Å². The molecule has 0 saturated heterocycles. The molecule has 0 spiro atoms. The van der Waals surface area contributed by atoms with Crippen LogP contribution in [0, 0.1) is 12.7 Å². The molecule has 1 fully saturated rings. The van der Waals surface area contributed by atoms with Crippen LogP contribution in [0.4, 0.5) is 4.39 Å². The van der Waals surface area contributed by atoms with E-state index in [1.54, 1.807) is 0 Å². The van der Waals surface area contributed by atoms with Gasteiger partial charge in [0.2, 0.25) is 0 Å². The number of halogens is 1. The number of pyridine rings is 1. The number of hydrogen-bond acceptors (Lipinski definition) is 2. The van der Waals surface area contributed by atoms with Crippen LogP contribution in [-0.2, 0) is 0 Å². The van der Waals surface area contributed by atoms with Crippen LogP contribution in [0.2, 0.25) is 0 Å². The Balaban J connectivity index is 2.58. The van der Waals surface area contributed by atoms with Gasteiger partial charge in [0.1, 0.15) is 0 Å². The van der Waals surface area contributed by atoms with Gasteiger partial charge in [0.05, 0.1) is 7.06 Å². The third kappa shape index (κ3) is 1.84. The third-order valence-corrected chi connectivity index (χ3v) is 3.14. The molecule has 0 aliphatic heterocycles. The molecular weight excluding hydrogens is 209 g/mol. The summed E-state index contributed by atoms with van der Waals surface area (Å²) in [5, 5.41) is 9.71. The Morgan fingerprint density at radius 2 is 2.25 bits per heavy atom. The van der Waals surface area contributed by atoms with Crippen molar-refractivity contribution in [3.63, 3.8) is 0 Å². The van der Waals surface area contributed by atoms with Gasteiger partial charge in [0.15, 0.2) is 5.82 Å². The second-order valence-corrected chi connectivity index (χ2v) is 4.25. The smallest absolute Gasteiger partial charge is 0.319 e. The van der Waals surface area contributed by atoms with Gasteiger partial charge in [0.25, 0.3) is 0 Å². The van der Waals surface area contributed by atoms with E-state index in [1.165, 1.54) is 0 Å². The van der Waals surface area contributed by atoms with E-state index >= 15 is 0 Å². The van der Waals surface area contributed by atoms with Gasteiger partial charge < -0.3 is 5.21 Å². The zero-order valence-electron chi connectivity index (χ0n) is 11.0. The quantitative estimate of drug-likeness (QED) is 0.749. The summed E-state index contributed by atoms with van der Waals surface area (Å²) < 4.78 is 28.9. The second kappa shape index (κ2) is 4.28. The van der Waals surface area contributed by atoms with Crippen molar-refractivity contribution in [3.05, 3.63) is 33.5 Å². The molecule has 3 nitrogen and oxygen atoms in total. The highest BCUT2D eigenvalue weighted by Gasteiger charge is 2.21. The van der Waals surface area contributed by atoms with Crippen LogP contribution >= 0.6 is 0 Å². The molecule has 4 heteroatoms. The maximum Gasteiger partial charge on any atom is 0.319 e. The molecule has 1 aliphatic rings. The Labute approximate surface area is 96.3 Å². The number of nitrogens with zero attached hydrogens (tertiary/aromatic N) is 1. The lowest BCUT2D eigenvalue weighted by Crippen LogP contribution is -2.27. The average molecular weight is 227 g/mol. The molecule has 0 radical (unpaired) electrons. The molecule has 88 valence electrons. The van der Waals surface area contributed by atoms with Gasteiger partial charge in [0, 0.05) is 7.29 Å². The van der Waals surface area contributed by atoms with Gasteiger partial charge in [-0.25, -0.2) is 4.39 Å². The highest BCUT2D eigenvalue weighted by molar-refractivity contribution is 5.20. The van der Waals surface area contributed by atoms with E-state index < -0.39 is 18.3 Å². The zero-order valence-corrected chi connectivity index (χ0v) is 9.00. The molecule has 1 N–H and O–H groups in total. The van der Waals surface area contributed by atoms with Crippen LogP contribution < -0.4 is 5.56 Å². The Morgan fingerprint density at radius 3 is 2.88 bits per heavy atom. The molecule has 0 amide bonds. The van der Waals surface area contributed by atoms with Gasteiger partial charge in [-0.05, 0) is 31.3 Å². The fourth-order valence-electron chi connectivity index (χ4n) is 2.24. The fourth-order valence-corrected chi connectivity index (χ4v) is 2.24. The third-order valence-electron chi connectivity index (χ3n) is 3.14. The van der Waals surface area contributed by atoms with Crippen molar-refractivity contribution < 1.29 is 12.3 Å². The first kappa shape index (κ1) is 8.79. The van der Waals surface area contributed by atoms with Crippen LogP contribution in [0.15, 0.2) is 10.8 Å². The van der Waals surface area contributed by atoms with Gasteiger partial charge in [-0.15, -0.1) is 4.73 Å². The van der Waals surface area contributed by atoms with Crippen LogP contribution in [-0.4, -0.2) is 9.94 Å². The van der Waals surface area contributed by atoms with Crippen molar-refractivity contribution in [2.24, 2.45) is 0 Å². The minimum absolute atomic E-state index is 0.0881. The normalized spacial score (nSPS) is 19.3. The first-order valence-corrected chi connectivity index (χ1v) is 5.50. The summed E-state index contributed by atoms with van der Waals surface area (Å²) in [6.45, 7) is -0.458. The van der Waals surface area contributed by atoms with E-state index in [1.807, 2.05) is 0 Å². The lowest BCUT2D eigenvalue weighted by Gasteiger charge is -2.23. The van der Waals surface area contributed by atoms with E-state index in [2.05, 4.69) is 0 Å². The monoisotopic (exact) mass is 227 g/mol. The van der Waals surface area contributed by atoms with Crippen molar-refractivity contribution in [1.29, 1.82) is 0 Å². The summed E-state index contributed by atoms with van der Waals surface area (Å²) in [6, 6.07) is -0.198. The predicted octanol–water partition coefficient (Wildman–Crippen LogP) is 2.58. The molecule has 0 unspecified atom stereocenters. The summed E-state index contributed by atoms with van der Waals surface area (Å²) in [7, 11) is 0. The Kier molecular flexibility index (Phi) is 2.35. The SMILES string of the molecule is [2H]Cc1c([2H])c(C2CCCCC2)n(O)c(=O)c1F. The summed E-state index contributed by atoms with van der Waals surface area (Å²) in [4.78, 5) is 11.5. The molecule has 2 rings (SSSR count). The lowest BCUT2D eigenvalue weighted by atomic mass is 9.86. The molecule has 1 heterocycles. The molecule has 1 aliphatic carbocycles. The second-order valence-electron chi connectivity index (χ2n) is 4.25. The molecule has 1 saturated carbocycles. The standard InChI is InChI=1S/C12H16FNO2/c1-8-7-10(9-5-3-2-4-6-9)14(16)12(15)11(8)13/h7,9,16H,2-6H2,1H3/i1D,7D. The maximum absolute atomic E-state index is 13.5. The van der Waals surface area contributed by atoms with Crippen LogP contribution in [0.25, 0.3) is 0 Å². The predicted molar refractivity (Wildman–Crippen MR) is 58.4 cm³/mol. The van der Waals surface area contributed by atoms with Gasteiger partial charge >= 0.3 is 5.56 Å². The highest BCUT2D eigenvalue weighted by atomic mass is 19.1. The lowest BCUT2D eigenvalue weighted by molar-refractivity contribution is 0.152. The minimum atomic E-state index is -1.18. The Bertz CT molecular complexity index is 510. The number of hydrogen-bond donors (Lipinski definition) is 1. The van der Waals surface area contributed by atoms with Crippen LogP contribution in [0.1, 0.15) is 52.0 Å². The van der Waals surface area contributed by atoms with Crippen molar-refractivity contribution in [2.75, 3.05) is 0 Å². The van der Waals surface area contributed by atoms with Crippen LogP contribution in [0.3, 0.4) is 0 Å². The van der Waals surface area contributed by atoms with Gasteiger partial charge in [-0.3, -0.25) is 4.79 Å².